The van der Waals surface area contributed by atoms with E-state index in [1.165, 1.54) is 17.3 Å². The molecule has 0 saturated heterocycles. The third-order valence-corrected chi connectivity index (χ3v) is 5.31. The molecule has 0 aliphatic heterocycles. The summed E-state index contributed by atoms with van der Waals surface area (Å²) in [6, 6.07) is 20.5. The van der Waals surface area contributed by atoms with Crippen molar-refractivity contribution in [1.29, 1.82) is 0 Å². The summed E-state index contributed by atoms with van der Waals surface area (Å²) < 4.78 is 2.06. The lowest BCUT2D eigenvalue weighted by atomic mass is 10.1. The number of hydrogen-bond acceptors (Lipinski definition) is 4. The second-order valence-electron chi connectivity index (χ2n) is 6.55. The average Bonchev–Trinajstić information content (AvgIpc) is 3.15. The first-order chi connectivity index (χ1) is 13.8. The molecule has 1 amide bonds. The van der Waals surface area contributed by atoms with Crippen molar-refractivity contribution in [2.24, 2.45) is 0 Å². The molecule has 3 aromatic rings. The zero-order chi connectivity index (χ0) is 19.6. The first kappa shape index (κ1) is 20.1. The van der Waals surface area contributed by atoms with E-state index in [2.05, 4.69) is 51.3 Å². The number of amides is 1. The molecule has 0 aliphatic rings. The maximum absolute atomic E-state index is 12.1. The van der Waals surface area contributed by atoms with E-state index in [1.54, 1.807) is 0 Å². The molecule has 2 aromatic carbocycles. The molecule has 0 fully saturated rings. The predicted octanol–water partition coefficient (Wildman–Crippen LogP) is 4.06. The second-order valence-corrected chi connectivity index (χ2v) is 7.49. The van der Waals surface area contributed by atoms with Crippen LogP contribution in [0, 0.1) is 0 Å². The summed E-state index contributed by atoms with van der Waals surface area (Å²) in [4.78, 5) is 12.1. The molecule has 1 heterocycles. The molecule has 0 spiro atoms. The Hall–Kier alpha value is -2.60. The van der Waals surface area contributed by atoms with E-state index in [9.17, 15) is 4.79 Å². The third-order valence-electron chi connectivity index (χ3n) is 4.38. The number of benzene rings is 2. The van der Waals surface area contributed by atoms with Crippen molar-refractivity contribution >= 4 is 17.7 Å². The standard InChI is InChI=1S/C22H26N4OS/c1-2-3-16-23-21(27)17-28-22-25-24-20(15-14-18-10-6-4-7-11-18)26(22)19-12-8-5-9-13-19/h4-13H,2-3,14-17H2,1H3,(H,23,27). The topological polar surface area (TPSA) is 59.8 Å². The fourth-order valence-corrected chi connectivity index (χ4v) is 3.68. The Morgan fingerprint density at radius 3 is 2.43 bits per heavy atom. The summed E-state index contributed by atoms with van der Waals surface area (Å²) in [6.07, 6.45) is 3.75. The van der Waals surface area contributed by atoms with Crippen LogP contribution in [0.25, 0.3) is 5.69 Å². The van der Waals surface area contributed by atoms with Gasteiger partial charge in [0.25, 0.3) is 0 Å². The van der Waals surface area contributed by atoms with Crippen molar-refractivity contribution in [1.82, 2.24) is 20.1 Å². The zero-order valence-electron chi connectivity index (χ0n) is 16.2. The highest BCUT2D eigenvalue weighted by Gasteiger charge is 2.15. The highest BCUT2D eigenvalue weighted by molar-refractivity contribution is 7.99. The molecule has 6 heteroatoms. The Balaban J connectivity index is 1.73. The van der Waals surface area contributed by atoms with Gasteiger partial charge in [0.2, 0.25) is 5.91 Å². The summed E-state index contributed by atoms with van der Waals surface area (Å²) in [6.45, 7) is 2.84. The van der Waals surface area contributed by atoms with Crippen LogP contribution in [0.5, 0.6) is 0 Å². The molecular weight excluding hydrogens is 368 g/mol. The second kappa shape index (κ2) is 10.7. The maximum Gasteiger partial charge on any atom is 0.230 e. The molecule has 146 valence electrons. The van der Waals surface area contributed by atoms with E-state index < -0.39 is 0 Å². The largest absolute Gasteiger partial charge is 0.355 e. The monoisotopic (exact) mass is 394 g/mol. The van der Waals surface area contributed by atoms with E-state index in [0.717, 1.165) is 48.9 Å². The van der Waals surface area contributed by atoms with Gasteiger partial charge in [0.05, 0.1) is 5.75 Å². The lowest BCUT2D eigenvalue weighted by molar-refractivity contribution is -0.118. The number of rotatable bonds is 10. The number of aromatic nitrogens is 3. The SMILES string of the molecule is CCCCNC(=O)CSc1nnc(CCc2ccccc2)n1-c1ccccc1. The average molecular weight is 395 g/mol. The van der Waals surface area contributed by atoms with Crippen molar-refractivity contribution in [3.63, 3.8) is 0 Å². The Morgan fingerprint density at radius 1 is 1.00 bits per heavy atom. The maximum atomic E-state index is 12.1. The number of nitrogens with one attached hydrogen (secondary N) is 1. The van der Waals surface area contributed by atoms with E-state index in [-0.39, 0.29) is 5.91 Å². The van der Waals surface area contributed by atoms with Gasteiger partial charge in [-0.25, -0.2) is 0 Å². The minimum absolute atomic E-state index is 0.0342. The third kappa shape index (κ3) is 5.70. The Kier molecular flexibility index (Phi) is 7.67. The summed E-state index contributed by atoms with van der Waals surface area (Å²) in [7, 11) is 0. The minimum Gasteiger partial charge on any atom is -0.355 e. The molecule has 5 nitrogen and oxygen atoms in total. The molecule has 0 aliphatic carbocycles. The van der Waals surface area contributed by atoms with Gasteiger partial charge in [0.1, 0.15) is 5.82 Å². The van der Waals surface area contributed by atoms with Crippen molar-refractivity contribution in [3.8, 4) is 5.69 Å². The Bertz CT molecular complexity index is 865. The molecule has 1 N–H and O–H groups in total. The number of hydrogen-bond donors (Lipinski definition) is 1. The van der Waals surface area contributed by atoms with Gasteiger partial charge in [0.15, 0.2) is 5.16 Å². The smallest absolute Gasteiger partial charge is 0.230 e. The van der Waals surface area contributed by atoms with Crippen LogP contribution in [0.1, 0.15) is 31.2 Å². The molecule has 0 bridgehead atoms. The van der Waals surface area contributed by atoms with Crippen LogP contribution >= 0.6 is 11.8 Å². The number of nitrogens with zero attached hydrogens (tertiary/aromatic N) is 3. The van der Waals surface area contributed by atoms with Gasteiger partial charge in [-0.1, -0.05) is 73.6 Å². The van der Waals surface area contributed by atoms with E-state index in [4.69, 9.17) is 0 Å². The van der Waals surface area contributed by atoms with Crippen LogP contribution in [0.3, 0.4) is 0 Å². The molecule has 0 radical (unpaired) electrons. The highest BCUT2D eigenvalue weighted by atomic mass is 32.2. The van der Waals surface area contributed by atoms with Crippen molar-refractivity contribution in [3.05, 3.63) is 72.1 Å². The number of unbranched alkanes of at least 4 members (excludes halogenated alkanes) is 1. The zero-order valence-corrected chi connectivity index (χ0v) is 17.0. The Labute approximate surface area is 170 Å². The fraction of sp³-hybridized carbons (Fsp3) is 0.318. The lowest BCUT2D eigenvalue weighted by Gasteiger charge is -2.10. The van der Waals surface area contributed by atoms with Gasteiger partial charge in [-0.3, -0.25) is 9.36 Å². The Morgan fingerprint density at radius 2 is 1.71 bits per heavy atom. The van der Waals surface area contributed by atoms with Gasteiger partial charge < -0.3 is 5.32 Å². The summed E-state index contributed by atoms with van der Waals surface area (Å²) >= 11 is 1.43. The lowest BCUT2D eigenvalue weighted by Crippen LogP contribution is -2.26. The first-order valence-corrected chi connectivity index (χ1v) is 10.7. The van der Waals surface area contributed by atoms with Crippen molar-refractivity contribution in [2.75, 3.05) is 12.3 Å². The summed E-state index contributed by atoms with van der Waals surface area (Å²) in [5, 5.41) is 12.5. The van der Waals surface area contributed by atoms with Crippen LogP contribution in [-0.4, -0.2) is 33.0 Å². The van der Waals surface area contributed by atoms with Gasteiger partial charge in [0, 0.05) is 18.7 Å². The highest BCUT2D eigenvalue weighted by Crippen LogP contribution is 2.22. The van der Waals surface area contributed by atoms with Gasteiger partial charge in [-0.15, -0.1) is 10.2 Å². The van der Waals surface area contributed by atoms with Crippen LogP contribution in [0.2, 0.25) is 0 Å². The van der Waals surface area contributed by atoms with Gasteiger partial charge >= 0.3 is 0 Å². The predicted molar refractivity (Wildman–Crippen MR) is 114 cm³/mol. The fourth-order valence-electron chi connectivity index (χ4n) is 2.88. The van der Waals surface area contributed by atoms with Crippen LogP contribution < -0.4 is 5.32 Å². The normalized spacial score (nSPS) is 10.8. The molecule has 0 atom stereocenters. The van der Waals surface area contributed by atoms with Crippen molar-refractivity contribution in [2.45, 2.75) is 37.8 Å². The first-order valence-electron chi connectivity index (χ1n) is 9.71. The van der Waals surface area contributed by atoms with Crippen LogP contribution in [-0.2, 0) is 17.6 Å². The number of carbonyl (C=O) groups excluding carboxylic acids is 1. The van der Waals surface area contributed by atoms with Gasteiger partial charge in [-0.2, -0.15) is 0 Å². The summed E-state index contributed by atoms with van der Waals surface area (Å²) in [5.41, 5.74) is 2.29. The number of para-hydroxylation sites is 1. The molecule has 3 rings (SSSR count). The van der Waals surface area contributed by atoms with Crippen LogP contribution in [0.4, 0.5) is 0 Å². The molecule has 0 unspecified atom stereocenters. The summed E-state index contributed by atoms with van der Waals surface area (Å²) in [5.74, 6) is 1.28. The number of thioether (sulfide) groups is 1. The molecule has 1 aromatic heterocycles. The van der Waals surface area contributed by atoms with Crippen molar-refractivity contribution < 1.29 is 4.79 Å². The molecule has 0 saturated carbocycles. The quantitative estimate of drug-likeness (QED) is 0.416. The van der Waals surface area contributed by atoms with E-state index >= 15 is 0 Å². The molecular formula is C22H26N4OS. The van der Waals surface area contributed by atoms with Crippen LogP contribution in [0.15, 0.2) is 65.8 Å². The van der Waals surface area contributed by atoms with Gasteiger partial charge in [-0.05, 0) is 30.5 Å². The van der Waals surface area contributed by atoms with E-state index in [0.29, 0.717) is 5.75 Å². The molecule has 28 heavy (non-hydrogen) atoms. The van der Waals surface area contributed by atoms with E-state index in [1.807, 2.05) is 36.4 Å². The minimum atomic E-state index is 0.0342. The number of carbonyl (C=O) groups is 1. The number of aryl methyl sites for hydroxylation is 2.